The van der Waals surface area contributed by atoms with Gasteiger partial charge in [0.25, 0.3) is 0 Å². The molecule has 30 heavy (non-hydrogen) atoms. The Morgan fingerprint density at radius 3 is 2.20 bits per heavy atom. The first-order valence-corrected chi connectivity index (χ1v) is 10.4. The number of nitrogens with one attached hydrogen (secondary N) is 2. The minimum atomic E-state index is -0.613. The number of carbonyl (C=O) groups excluding carboxylic acids is 2. The number of aryl methyl sites for hydroxylation is 1. The highest BCUT2D eigenvalue weighted by Crippen LogP contribution is 2.24. The molecule has 6 heteroatoms. The van der Waals surface area contributed by atoms with Crippen molar-refractivity contribution >= 4 is 39.1 Å². The first-order chi connectivity index (χ1) is 14.4. The summed E-state index contributed by atoms with van der Waals surface area (Å²) < 4.78 is 0.803. The van der Waals surface area contributed by atoms with Gasteiger partial charge in [-0.15, -0.1) is 0 Å². The molecule has 3 aromatic rings. The summed E-state index contributed by atoms with van der Waals surface area (Å²) in [7, 11) is 1.77. The van der Waals surface area contributed by atoms with Gasteiger partial charge in [-0.2, -0.15) is 0 Å². The van der Waals surface area contributed by atoms with Crippen molar-refractivity contribution in [3.8, 4) is 0 Å². The Hall–Kier alpha value is -2.96. The Kier molecular flexibility index (Phi) is 7.38. The highest BCUT2D eigenvalue weighted by atomic mass is 79.9. The molecule has 0 fully saturated rings. The molecule has 0 spiro atoms. The van der Waals surface area contributed by atoms with E-state index < -0.39 is 6.04 Å². The molecule has 0 aromatic heterocycles. The lowest BCUT2D eigenvalue weighted by atomic mass is 10.0. The summed E-state index contributed by atoms with van der Waals surface area (Å²) in [6.07, 6.45) is 0. The molecule has 0 heterocycles. The summed E-state index contributed by atoms with van der Waals surface area (Å²) in [5, 5.41) is 5.84. The van der Waals surface area contributed by atoms with Gasteiger partial charge in [-0.1, -0.05) is 60.2 Å². The second-order valence-corrected chi connectivity index (χ2v) is 7.97. The van der Waals surface area contributed by atoms with E-state index in [1.165, 1.54) is 0 Å². The van der Waals surface area contributed by atoms with Crippen LogP contribution in [-0.4, -0.2) is 30.3 Å². The van der Waals surface area contributed by atoms with Gasteiger partial charge in [0.05, 0.1) is 12.2 Å². The van der Waals surface area contributed by atoms with Crippen LogP contribution in [0.1, 0.15) is 17.2 Å². The molecule has 5 nitrogen and oxygen atoms in total. The zero-order valence-electron chi connectivity index (χ0n) is 16.9. The molecule has 0 aliphatic rings. The van der Waals surface area contributed by atoms with E-state index >= 15 is 0 Å². The minimum Gasteiger partial charge on any atom is -0.324 e. The lowest BCUT2D eigenvalue weighted by molar-refractivity contribution is -0.123. The van der Waals surface area contributed by atoms with E-state index in [0.717, 1.165) is 21.3 Å². The van der Waals surface area contributed by atoms with Crippen LogP contribution in [0.25, 0.3) is 0 Å². The van der Waals surface area contributed by atoms with Gasteiger partial charge in [0.2, 0.25) is 11.8 Å². The highest BCUT2D eigenvalue weighted by Gasteiger charge is 2.26. The number of para-hydroxylation sites is 1. The number of halogens is 1. The average Bonchev–Trinajstić information content (AvgIpc) is 2.72. The standard InChI is InChI=1S/C24H24BrN3O2/c1-17-12-14-19(15-13-17)26-24(30)23(18-8-4-3-5-9-18)28(2)16-22(29)27-21-11-7-6-10-20(21)25/h3-15,23H,16H2,1-2H3,(H,26,30)(H,27,29)/t23-/m1/s1. The topological polar surface area (TPSA) is 61.4 Å². The summed E-state index contributed by atoms with van der Waals surface area (Å²) in [5.74, 6) is -0.394. The summed E-state index contributed by atoms with van der Waals surface area (Å²) in [5.41, 5.74) is 3.35. The molecule has 2 N–H and O–H groups in total. The number of hydrogen-bond acceptors (Lipinski definition) is 3. The van der Waals surface area contributed by atoms with Crippen LogP contribution >= 0.6 is 15.9 Å². The molecule has 0 unspecified atom stereocenters. The van der Waals surface area contributed by atoms with Crippen molar-refractivity contribution in [3.63, 3.8) is 0 Å². The third-order valence-electron chi connectivity index (χ3n) is 4.66. The lowest BCUT2D eigenvalue weighted by Gasteiger charge is -2.27. The number of hydrogen-bond donors (Lipinski definition) is 2. The van der Waals surface area contributed by atoms with E-state index in [2.05, 4.69) is 26.6 Å². The monoisotopic (exact) mass is 465 g/mol. The number of benzene rings is 3. The summed E-state index contributed by atoms with van der Waals surface area (Å²) in [4.78, 5) is 27.5. The van der Waals surface area contributed by atoms with E-state index in [0.29, 0.717) is 5.69 Å². The van der Waals surface area contributed by atoms with Gasteiger partial charge in [-0.25, -0.2) is 0 Å². The zero-order chi connectivity index (χ0) is 21.5. The van der Waals surface area contributed by atoms with E-state index in [1.54, 1.807) is 11.9 Å². The average molecular weight is 466 g/mol. The fraction of sp³-hybridized carbons (Fsp3) is 0.167. The molecule has 0 bridgehead atoms. The molecule has 2 amide bonds. The van der Waals surface area contributed by atoms with Crippen molar-refractivity contribution in [3.05, 3.63) is 94.5 Å². The molecule has 0 saturated carbocycles. The quantitative estimate of drug-likeness (QED) is 0.515. The van der Waals surface area contributed by atoms with E-state index in [9.17, 15) is 9.59 Å². The first-order valence-electron chi connectivity index (χ1n) is 9.61. The van der Waals surface area contributed by atoms with Crippen LogP contribution in [0.4, 0.5) is 11.4 Å². The first kappa shape index (κ1) is 21.7. The molecule has 0 radical (unpaired) electrons. The molecule has 154 valence electrons. The Morgan fingerprint density at radius 1 is 0.900 bits per heavy atom. The Bertz CT molecular complexity index is 1010. The summed E-state index contributed by atoms with van der Waals surface area (Å²) in [6.45, 7) is 2.05. The van der Waals surface area contributed by atoms with Crippen LogP contribution in [-0.2, 0) is 9.59 Å². The Morgan fingerprint density at radius 2 is 1.53 bits per heavy atom. The van der Waals surface area contributed by atoms with E-state index in [4.69, 9.17) is 0 Å². The zero-order valence-corrected chi connectivity index (χ0v) is 18.5. The molecular formula is C24H24BrN3O2. The minimum absolute atomic E-state index is 0.0578. The number of rotatable bonds is 7. The van der Waals surface area contributed by atoms with Crippen LogP contribution < -0.4 is 10.6 Å². The predicted octanol–water partition coefficient (Wildman–Crippen LogP) is 5.01. The van der Waals surface area contributed by atoms with Gasteiger partial charge in [-0.05, 0) is 59.7 Å². The third-order valence-corrected chi connectivity index (χ3v) is 5.36. The van der Waals surface area contributed by atoms with Crippen molar-refractivity contribution in [1.29, 1.82) is 0 Å². The highest BCUT2D eigenvalue weighted by molar-refractivity contribution is 9.10. The fourth-order valence-corrected chi connectivity index (χ4v) is 3.54. The smallest absolute Gasteiger partial charge is 0.246 e. The number of nitrogens with zero attached hydrogens (tertiary/aromatic N) is 1. The summed E-state index contributed by atoms with van der Waals surface area (Å²) in [6, 6.07) is 23.9. The molecule has 0 aliphatic heterocycles. The van der Waals surface area contributed by atoms with Gasteiger partial charge >= 0.3 is 0 Å². The number of likely N-dealkylation sites (N-methyl/N-ethyl adjacent to an activating group) is 1. The second-order valence-electron chi connectivity index (χ2n) is 7.11. The molecular weight excluding hydrogens is 442 g/mol. The van der Waals surface area contributed by atoms with Crippen molar-refractivity contribution in [2.45, 2.75) is 13.0 Å². The second kappa shape index (κ2) is 10.2. The normalized spacial score (nSPS) is 11.7. The Labute approximate surface area is 185 Å². The number of amides is 2. The molecule has 3 aromatic carbocycles. The van der Waals surface area contributed by atoms with Crippen LogP contribution in [0.15, 0.2) is 83.3 Å². The van der Waals surface area contributed by atoms with Gasteiger partial charge in [0.1, 0.15) is 6.04 Å². The van der Waals surface area contributed by atoms with Crippen molar-refractivity contribution in [2.24, 2.45) is 0 Å². The van der Waals surface area contributed by atoms with E-state index in [1.807, 2.05) is 85.8 Å². The van der Waals surface area contributed by atoms with E-state index in [-0.39, 0.29) is 18.4 Å². The SMILES string of the molecule is Cc1ccc(NC(=O)[C@@H](c2ccccc2)N(C)CC(=O)Nc2ccccc2Br)cc1. The molecule has 1 atom stereocenters. The van der Waals surface area contributed by atoms with Gasteiger partial charge in [-0.3, -0.25) is 14.5 Å². The van der Waals surface area contributed by atoms with Gasteiger partial charge in [0.15, 0.2) is 0 Å². The largest absolute Gasteiger partial charge is 0.324 e. The van der Waals surface area contributed by atoms with Gasteiger partial charge < -0.3 is 10.6 Å². The molecule has 0 aliphatic carbocycles. The van der Waals surface area contributed by atoms with Gasteiger partial charge in [0, 0.05) is 10.2 Å². The van der Waals surface area contributed by atoms with Crippen molar-refractivity contribution in [1.82, 2.24) is 4.90 Å². The molecule has 3 rings (SSSR count). The maximum absolute atomic E-state index is 13.1. The van der Waals surface area contributed by atoms with Crippen LogP contribution in [0.2, 0.25) is 0 Å². The number of anilines is 2. The molecule has 0 saturated heterocycles. The van der Waals surface area contributed by atoms with Crippen molar-refractivity contribution < 1.29 is 9.59 Å². The maximum Gasteiger partial charge on any atom is 0.246 e. The summed E-state index contributed by atoms with van der Waals surface area (Å²) >= 11 is 3.43. The van der Waals surface area contributed by atoms with Crippen molar-refractivity contribution in [2.75, 3.05) is 24.2 Å². The predicted molar refractivity (Wildman–Crippen MR) is 124 cm³/mol. The lowest BCUT2D eigenvalue weighted by Crippen LogP contribution is -2.39. The maximum atomic E-state index is 13.1. The fourth-order valence-electron chi connectivity index (χ4n) is 3.16. The van der Waals surface area contributed by atoms with Crippen LogP contribution in [0.5, 0.6) is 0 Å². The number of carbonyl (C=O) groups is 2. The van der Waals surface area contributed by atoms with Crippen LogP contribution in [0, 0.1) is 6.92 Å². The Balaban J connectivity index is 1.76. The van der Waals surface area contributed by atoms with Crippen LogP contribution in [0.3, 0.4) is 0 Å². The third kappa shape index (κ3) is 5.78.